The first-order chi connectivity index (χ1) is 7.63. The van der Waals surface area contributed by atoms with Gasteiger partial charge in [0.15, 0.2) is 0 Å². The first-order valence-corrected chi connectivity index (χ1v) is 4.88. The van der Waals surface area contributed by atoms with Crippen LogP contribution >= 0.6 is 0 Å². The molecule has 5 nitrogen and oxygen atoms in total. The van der Waals surface area contributed by atoms with E-state index in [0.717, 1.165) is 0 Å². The van der Waals surface area contributed by atoms with E-state index in [1.807, 2.05) is 0 Å². The highest BCUT2D eigenvalue weighted by Gasteiger charge is 2.10. The van der Waals surface area contributed by atoms with Gasteiger partial charge in [-0.15, -0.1) is 0 Å². The summed E-state index contributed by atoms with van der Waals surface area (Å²) in [4.78, 5) is 11.4. The maximum Gasteiger partial charge on any atom is 0.338 e. The molecule has 0 spiro atoms. The van der Waals surface area contributed by atoms with Gasteiger partial charge in [0.05, 0.1) is 11.7 Å². The number of aromatic hydroxyl groups is 1. The second-order valence-corrected chi connectivity index (χ2v) is 3.31. The molecule has 0 fully saturated rings. The smallest absolute Gasteiger partial charge is 0.338 e. The van der Waals surface area contributed by atoms with Crippen molar-refractivity contribution in [1.82, 2.24) is 0 Å². The number of phenols is 1. The van der Waals surface area contributed by atoms with Gasteiger partial charge < -0.3 is 20.1 Å². The van der Waals surface area contributed by atoms with Gasteiger partial charge in [-0.1, -0.05) is 0 Å². The number of aliphatic hydroxyl groups is 2. The molecule has 1 aromatic rings. The lowest BCUT2D eigenvalue weighted by atomic mass is 10.2. The minimum Gasteiger partial charge on any atom is -0.508 e. The maximum atomic E-state index is 11.4. The SMILES string of the molecule is O=C(OC[C@@H](O)CCO)c1ccc(O)cc1. The number of ether oxygens (including phenoxy) is 1. The Morgan fingerprint density at radius 2 is 1.94 bits per heavy atom. The van der Waals surface area contributed by atoms with E-state index in [2.05, 4.69) is 0 Å². The Morgan fingerprint density at radius 1 is 1.31 bits per heavy atom. The molecule has 1 rings (SSSR count). The number of hydrogen-bond acceptors (Lipinski definition) is 5. The third-order valence-electron chi connectivity index (χ3n) is 1.97. The third kappa shape index (κ3) is 3.88. The highest BCUT2D eigenvalue weighted by molar-refractivity contribution is 5.89. The van der Waals surface area contributed by atoms with Crippen molar-refractivity contribution in [2.45, 2.75) is 12.5 Å². The molecule has 0 aliphatic heterocycles. The Balaban J connectivity index is 2.43. The van der Waals surface area contributed by atoms with Crippen LogP contribution in [0.4, 0.5) is 0 Å². The van der Waals surface area contributed by atoms with E-state index in [1.165, 1.54) is 24.3 Å². The quantitative estimate of drug-likeness (QED) is 0.628. The highest BCUT2D eigenvalue weighted by Crippen LogP contribution is 2.10. The number of carbonyl (C=O) groups is 1. The van der Waals surface area contributed by atoms with Crippen molar-refractivity contribution in [3.8, 4) is 5.75 Å². The molecule has 0 saturated carbocycles. The summed E-state index contributed by atoms with van der Waals surface area (Å²) >= 11 is 0. The molecule has 5 heteroatoms. The zero-order valence-corrected chi connectivity index (χ0v) is 8.67. The molecule has 0 bridgehead atoms. The zero-order chi connectivity index (χ0) is 12.0. The highest BCUT2D eigenvalue weighted by atomic mass is 16.5. The Bertz CT molecular complexity index is 333. The molecule has 1 aromatic carbocycles. The normalized spacial score (nSPS) is 12.1. The maximum absolute atomic E-state index is 11.4. The van der Waals surface area contributed by atoms with E-state index in [1.54, 1.807) is 0 Å². The van der Waals surface area contributed by atoms with Crippen molar-refractivity contribution in [2.24, 2.45) is 0 Å². The number of benzene rings is 1. The van der Waals surface area contributed by atoms with Gasteiger partial charge in [-0.05, 0) is 30.7 Å². The predicted octanol–water partition coefficient (Wildman–Crippen LogP) is 0.292. The molecule has 3 N–H and O–H groups in total. The fourth-order valence-electron chi connectivity index (χ4n) is 1.09. The van der Waals surface area contributed by atoms with Gasteiger partial charge in [0, 0.05) is 6.61 Å². The lowest BCUT2D eigenvalue weighted by Crippen LogP contribution is -2.19. The molecule has 0 unspecified atom stereocenters. The summed E-state index contributed by atoms with van der Waals surface area (Å²) in [5.74, 6) is -0.506. The van der Waals surface area contributed by atoms with Gasteiger partial charge in [-0.3, -0.25) is 0 Å². The molecule has 88 valence electrons. The summed E-state index contributed by atoms with van der Waals surface area (Å²) in [7, 11) is 0. The minimum atomic E-state index is -0.855. The van der Waals surface area contributed by atoms with E-state index in [-0.39, 0.29) is 25.4 Å². The van der Waals surface area contributed by atoms with Crippen LogP contribution in [-0.2, 0) is 4.74 Å². The van der Waals surface area contributed by atoms with E-state index in [9.17, 15) is 9.90 Å². The molecule has 0 amide bonds. The standard InChI is InChI=1S/C11H14O5/c12-6-5-10(14)7-16-11(15)8-1-3-9(13)4-2-8/h1-4,10,12-14H,5-7H2/t10-/m0/s1. The number of aliphatic hydroxyl groups excluding tert-OH is 2. The van der Waals surface area contributed by atoms with Gasteiger partial charge in [-0.2, -0.15) is 0 Å². The predicted molar refractivity (Wildman–Crippen MR) is 56.1 cm³/mol. The van der Waals surface area contributed by atoms with Crippen LogP contribution in [0.15, 0.2) is 24.3 Å². The third-order valence-corrected chi connectivity index (χ3v) is 1.97. The molecule has 0 aromatic heterocycles. The van der Waals surface area contributed by atoms with Crippen molar-refractivity contribution >= 4 is 5.97 Å². The largest absolute Gasteiger partial charge is 0.508 e. The molecule has 1 atom stereocenters. The van der Waals surface area contributed by atoms with Crippen molar-refractivity contribution in [3.05, 3.63) is 29.8 Å². The van der Waals surface area contributed by atoms with Gasteiger partial charge in [0.2, 0.25) is 0 Å². The van der Waals surface area contributed by atoms with Gasteiger partial charge in [-0.25, -0.2) is 4.79 Å². The lowest BCUT2D eigenvalue weighted by Gasteiger charge is -2.09. The van der Waals surface area contributed by atoms with E-state index >= 15 is 0 Å². The average molecular weight is 226 g/mol. The molecular formula is C11H14O5. The molecule has 16 heavy (non-hydrogen) atoms. The fraction of sp³-hybridized carbons (Fsp3) is 0.364. The first-order valence-electron chi connectivity index (χ1n) is 4.88. The molecular weight excluding hydrogens is 212 g/mol. The fourth-order valence-corrected chi connectivity index (χ4v) is 1.09. The zero-order valence-electron chi connectivity index (χ0n) is 8.67. The van der Waals surface area contributed by atoms with Gasteiger partial charge in [0.1, 0.15) is 12.4 Å². The first kappa shape index (κ1) is 12.5. The summed E-state index contributed by atoms with van der Waals surface area (Å²) in [5.41, 5.74) is 0.300. The summed E-state index contributed by atoms with van der Waals surface area (Å²) in [6.07, 6.45) is -0.686. The van der Waals surface area contributed by atoms with Gasteiger partial charge in [0.25, 0.3) is 0 Å². The summed E-state index contributed by atoms with van der Waals surface area (Å²) in [5, 5.41) is 26.7. The summed E-state index contributed by atoms with van der Waals surface area (Å²) in [6, 6.07) is 5.60. The monoisotopic (exact) mass is 226 g/mol. The number of hydrogen-bond donors (Lipinski definition) is 3. The van der Waals surface area contributed by atoms with Crippen LogP contribution in [0, 0.1) is 0 Å². The molecule has 0 aliphatic carbocycles. The van der Waals surface area contributed by atoms with Crippen LogP contribution < -0.4 is 0 Å². The average Bonchev–Trinajstić information content (AvgIpc) is 2.27. The molecule has 0 radical (unpaired) electrons. The Morgan fingerprint density at radius 3 is 2.50 bits per heavy atom. The number of esters is 1. The summed E-state index contributed by atoms with van der Waals surface area (Å²) in [6.45, 7) is -0.307. The van der Waals surface area contributed by atoms with Crippen LogP contribution in [0.3, 0.4) is 0 Å². The molecule has 0 aliphatic rings. The summed E-state index contributed by atoms with van der Waals surface area (Å²) < 4.78 is 4.80. The van der Waals surface area contributed by atoms with Crippen LogP contribution in [0.25, 0.3) is 0 Å². The van der Waals surface area contributed by atoms with Crippen molar-refractivity contribution < 1.29 is 24.9 Å². The molecule has 0 saturated heterocycles. The second-order valence-electron chi connectivity index (χ2n) is 3.31. The van der Waals surface area contributed by atoms with Crippen molar-refractivity contribution in [3.63, 3.8) is 0 Å². The minimum absolute atomic E-state index is 0.0665. The van der Waals surface area contributed by atoms with Crippen LogP contribution in [0.5, 0.6) is 5.75 Å². The Kier molecular flexibility index (Phi) is 4.75. The lowest BCUT2D eigenvalue weighted by molar-refractivity contribution is 0.0197. The Hall–Kier alpha value is -1.59. The Labute approximate surface area is 92.9 Å². The van der Waals surface area contributed by atoms with Crippen molar-refractivity contribution in [2.75, 3.05) is 13.2 Å². The number of phenolic OH excluding ortho intramolecular Hbond substituents is 1. The van der Waals surface area contributed by atoms with Crippen LogP contribution in [0.1, 0.15) is 16.8 Å². The molecule has 0 heterocycles. The van der Waals surface area contributed by atoms with E-state index < -0.39 is 12.1 Å². The number of carbonyl (C=O) groups excluding carboxylic acids is 1. The van der Waals surface area contributed by atoms with Crippen LogP contribution in [0.2, 0.25) is 0 Å². The van der Waals surface area contributed by atoms with E-state index in [0.29, 0.717) is 5.56 Å². The van der Waals surface area contributed by atoms with Crippen LogP contribution in [-0.4, -0.2) is 40.6 Å². The number of rotatable bonds is 5. The van der Waals surface area contributed by atoms with Gasteiger partial charge >= 0.3 is 5.97 Å². The topological polar surface area (TPSA) is 87.0 Å². The van der Waals surface area contributed by atoms with E-state index in [4.69, 9.17) is 14.9 Å². The second kappa shape index (κ2) is 6.09. The van der Waals surface area contributed by atoms with Crippen molar-refractivity contribution in [1.29, 1.82) is 0 Å².